The first kappa shape index (κ1) is 21.6. The molecule has 2 fully saturated rings. The van der Waals surface area contributed by atoms with Crippen LogP contribution in [0, 0.1) is 6.92 Å². The number of nitrogens with zero attached hydrogens (tertiary/aromatic N) is 1. The van der Waals surface area contributed by atoms with Gasteiger partial charge in [-0.15, -0.1) is 0 Å². The molecule has 2 saturated heterocycles. The van der Waals surface area contributed by atoms with Crippen LogP contribution in [0.15, 0.2) is 50.5 Å². The van der Waals surface area contributed by atoms with Gasteiger partial charge in [0, 0.05) is 29.8 Å². The fourth-order valence-electron chi connectivity index (χ4n) is 4.58. The zero-order valence-corrected chi connectivity index (χ0v) is 18.5. The number of hydrogen-bond donors (Lipinski definition) is 2. The summed E-state index contributed by atoms with van der Waals surface area (Å²) in [6.07, 6.45) is -0.116. The normalized spacial score (nSPS) is 26.3. The molecule has 0 aliphatic carbocycles. The number of para-hydroxylation sites is 1. The van der Waals surface area contributed by atoms with E-state index in [0.717, 1.165) is 10.9 Å². The van der Waals surface area contributed by atoms with Gasteiger partial charge in [-0.05, 0) is 26.8 Å². The first-order chi connectivity index (χ1) is 15.7. The van der Waals surface area contributed by atoms with E-state index >= 15 is 0 Å². The molecule has 1 amide bonds. The molecule has 0 saturated carbocycles. The van der Waals surface area contributed by atoms with Crippen molar-refractivity contribution >= 4 is 16.9 Å². The van der Waals surface area contributed by atoms with E-state index in [1.165, 1.54) is 16.8 Å². The molecule has 0 radical (unpaired) electrons. The molecule has 2 aliphatic heterocycles. The fourth-order valence-corrected chi connectivity index (χ4v) is 4.58. The number of rotatable bonds is 4. The predicted octanol–water partition coefficient (Wildman–Crippen LogP) is 1.48. The standard InChI is InChI=1S/C23H25N3O7/c1-12-13-6-4-5-7-15(13)31-18(12)21(28)24-10-16-20-19(32-23(2,3)33-20)14(11-30-16)26-9-8-17(27)25-22(26)29/h4-9,14,16,19-20H,10-11H2,1-3H3,(H,24,28)(H,25,27,29)/t14-,16-,19+,20-/m1/s1. The molecule has 0 bridgehead atoms. The maximum Gasteiger partial charge on any atom is 0.328 e. The Bertz CT molecular complexity index is 1320. The van der Waals surface area contributed by atoms with E-state index in [-0.39, 0.29) is 24.8 Å². The van der Waals surface area contributed by atoms with Crippen LogP contribution in [-0.2, 0) is 14.2 Å². The highest BCUT2D eigenvalue weighted by molar-refractivity contribution is 5.98. The van der Waals surface area contributed by atoms with Crippen LogP contribution >= 0.6 is 0 Å². The van der Waals surface area contributed by atoms with Crippen molar-refractivity contribution in [2.75, 3.05) is 13.2 Å². The Labute approximate surface area is 188 Å². The quantitative estimate of drug-likeness (QED) is 0.611. The third-order valence-corrected chi connectivity index (χ3v) is 6.11. The summed E-state index contributed by atoms with van der Waals surface area (Å²) in [6.45, 7) is 5.73. The van der Waals surface area contributed by atoms with Crippen LogP contribution in [0.5, 0.6) is 0 Å². The number of nitrogens with one attached hydrogen (secondary N) is 2. The second kappa shape index (κ2) is 7.98. The van der Waals surface area contributed by atoms with Gasteiger partial charge in [-0.2, -0.15) is 0 Å². The maximum absolute atomic E-state index is 12.8. The average Bonchev–Trinajstić information content (AvgIpc) is 3.28. The number of carbonyl (C=O) groups excluding carboxylic acids is 1. The van der Waals surface area contributed by atoms with Crippen molar-refractivity contribution in [2.24, 2.45) is 0 Å². The summed E-state index contributed by atoms with van der Waals surface area (Å²) >= 11 is 0. The number of ether oxygens (including phenoxy) is 3. The maximum atomic E-state index is 12.8. The number of benzene rings is 1. The monoisotopic (exact) mass is 455 g/mol. The fraction of sp³-hybridized carbons (Fsp3) is 0.435. The summed E-state index contributed by atoms with van der Waals surface area (Å²) in [5, 5.41) is 3.76. The number of aromatic amines is 1. The molecule has 0 unspecified atom stereocenters. The highest BCUT2D eigenvalue weighted by Crippen LogP contribution is 2.39. The van der Waals surface area contributed by atoms with Gasteiger partial charge in [-0.25, -0.2) is 4.79 Å². The van der Waals surface area contributed by atoms with Crippen LogP contribution in [0.4, 0.5) is 0 Å². The van der Waals surface area contributed by atoms with Gasteiger partial charge in [0.05, 0.1) is 12.6 Å². The van der Waals surface area contributed by atoms with E-state index in [4.69, 9.17) is 18.6 Å². The Kier molecular flexibility index (Phi) is 5.23. The molecule has 2 aliphatic rings. The third kappa shape index (κ3) is 3.90. The number of furan rings is 1. The third-order valence-electron chi connectivity index (χ3n) is 6.11. The van der Waals surface area contributed by atoms with E-state index in [9.17, 15) is 14.4 Å². The molecule has 2 N–H and O–H groups in total. The van der Waals surface area contributed by atoms with Crippen molar-refractivity contribution in [1.82, 2.24) is 14.9 Å². The second-order valence-electron chi connectivity index (χ2n) is 8.78. The summed E-state index contributed by atoms with van der Waals surface area (Å²) in [7, 11) is 0. The van der Waals surface area contributed by atoms with Crippen molar-refractivity contribution < 1.29 is 23.4 Å². The van der Waals surface area contributed by atoms with E-state index in [2.05, 4.69) is 10.3 Å². The molecule has 3 aromatic rings. The van der Waals surface area contributed by atoms with Crippen LogP contribution < -0.4 is 16.6 Å². The van der Waals surface area contributed by atoms with Gasteiger partial charge in [0.25, 0.3) is 11.5 Å². The molecule has 33 heavy (non-hydrogen) atoms. The smallest absolute Gasteiger partial charge is 0.328 e. The predicted molar refractivity (Wildman–Crippen MR) is 117 cm³/mol. The van der Waals surface area contributed by atoms with Crippen LogP contribution in [0.1, 0.15) is 36.0 Å². The minimum atomic E-state index is -0.898. The average molecular weight is 455 g/mol. The SMILES string of the molecule is Cc1c(C(=O)NC[C@H]2OC[C@@H](n3ccc(=O)[nH]c3=O)[C@@H]3OC(C)(C)O[C@@H]32)oc2ccccc12. The first-order valence-corrected chi connectivity index (χ1v) is 10.8. The van der Waals surface area contributed by atoms with Crippen molar-refractivity contribution in [2.45, 2.75) is 50.9 Å². The number of hydrogen-bond acceptors (Lipinski definition) is 7. The Hall–Kier alpha value is -3.21. The number of carbonyl (C=O) groups is 1. The number of aromatic nitrogens is 2. The summed E-state index contributed by atoms with van der Waals surface area (Å²) in [6, 6.07) is 8.26. The highest BCUT2D eigenvalue weighted by Gasteiger charge is 2.52. The zero-order valence-electron chi connectivity index (χ0n) is 18.5. The van der Waals surface area contributed by atoms with E-state index in [1.54, 1.807) is 13.8 Å². The first-order valence-electron chi connectivity index (χ1n) is 10.8. The van der Waals surface area contributed by atoms with Crippen LogP contribution in [0.2, 0.25) is 0 Å². The molecule has 5 rings (SSSR count). The lowest BCUT2D eigenvalue weighted by atomic mass is 9.97. The zero-order chi connectivity index (χ0) is 23.3. The van der Waals surface area contributed by atoms with Crippen molar-refractivity contribution in [3.05, 3.63) is 68.7 Å². The van der Waals surface area contributed by atoms with Crippen LogP contribution in [0.3, 0.4) is 0 Å². The number of fused-ring (bicyclic) bond motifs is 2. The van der Waals surface area contributed by atoms with Crippen LogP contribution in [0.25, 0.3) is 11.0 Å². The molecule has 4 atom stereocenters. The second-order valence-corrected chi connectivity index (χ2v) is 8.78. The largest absolute Gasteiger partial charge is 0.451 e. The molecule has 10 nitrogen and oxygen atoms in total. The van der Waals surface area contributed by atoms with Crippen molar-refractivity contribution in [3.63, 3.8) is 0 Å². The topological polar surface area (TPSA) is 125 Å². The Morgan fingerprint density at radius 3 is 2.70 bits per heavy atom. The van der Waals surface area contributed by atoms with E-state index in [1.807, 2.05) is 31.2 Å². The van der Waals surface area contributed by atoms with Gasteiger partial charge in [0.15, 0.2) is 11.5 Å². The van der Waals surface area contributed by atoms with Crippen molar-refractivity contribution in [1.29, 1.82) is 0 Å². The molecule has 10 heteroatoms. The number of H-pyrrole nitrogens is 1. The highest BCUT2D eigenvalue weighted by atomic mass is 16.8. The number of aryl methyl sites for hydroxylation is 1. The lowest BCUT2D eigenvalue weighted by Gasteiger charge is -2.37. The Morgan fingerprint density at radius 2 is 1.94 bits per heavy atom. The number of amides is 1. The van der Waals surface area contributed by atoms with E-state index < -0.39 is 41.4 Å². The molecule has 174 valence electrons. The Balaban J connectivity index is 1.34. The molecular formula is C23H25N3O7. The molecular weight excluding hydrogens is 430 g/mol. The van der Waals surface area contributed by atoms with Gasteiger partial charge >= 0.3 is 5.69 Å². The molecule has 4 heterocycles. The lowest BCUT2D eigenvalue weighted by Crippen LogP contribution is -2.54. The van der Waals surface area contributed by atoms with Crippen molar-refractivity contribution in [3.8, 4) is 0 Å². The minimum Gasteiger partial charge on any atom is -0.451 e. The summed E-state index contributed by atoms with van der Waals surface area (Å²) in [5.41, 5.74) is 0.396. The molecule has 1 aromatic carbocycles. The minimum absolute atomic E-state index is 0.150. The van der Waals surface area contributed by atoms with Crippen LogP contribution in [-0.4, -0.2) is 52.7 Å². The van der Waals surface area contributed by atoms with E-state index in [0.29, 0.717) is 5.58 Å². The molecule has 0 spiro atoms. The summed E-state index contributed by atoms with van der Waals surface area (Å²) < 4.78 is 25.3. The van der Waals surface area contributed by atoms with Gasteiger partial charge in [0.1, 0.15) is 23.9 Å². The van der Waals surface area contributed by atoms with Gasteiger partial charge in [0.2, 0.25) is 0 Å². The summed E-state index contributed by atoms with van der Waals surface area (Å²) in [5.74, 6) is -0.990. The van der Waals surface area contributed by atoms with Gasteiger partial charge in [-0.1, -0.05) is 18.2 Å². The lowest BCUT2D eigenvalue weighted by molar-refractivity contribution is -0.153. The van der Waals surface area contributed by atoms with Gasteiger partial charge < -0.3 is 23.9 Å². The Morgan fingerprint density at radius 1 is 1.18 bits per heavy atom. The molecule has 2 aromatic heterocycles. The van der Waals surface area contributed by atoms with Gasteiger partial charge in [-0.3, -0.25) is 19.1 Å². The summed E-state index contributed by atoms with van der Waals surface area (Å²) in [4.78, 5) is 38.9.